The summed E-state index contributed by atoms with van der Waals surface area (Å²) in [5.41, 5.74) is 1.00. The minimum absolute atomic E-state index is 0.00458. The largest absolute Gasteiger partial charge is 0.497 e. The van der Waals surface area contributed by atoms with Gasteiger partial charge in [-0.05, 0) is 31.2 Å². The summed E-state index contributed by atoms with van der Waals surface area (Å²) in [7, 11) is 2.98. The number of carbonyl (C=O) groups is 3. The zero-order valence-corrected chi connectivity index (χ0v) is 18.3. The summed E-state index contributed by atoms with van der Waals surface area (Å²) in [6, 6.07) is 12.1. The fourth-order valence-electron chi connectivity index (χ4n) is 3.41. The van der Waals surface area contributed by atoms with Crippen molar-refractivity contribution < 1.29 is 33.3 Å². The molecule has 0 aromatic heterocycles. The van der Waals surface area contributed by atoms with E-state index in [4.69, 9.17) is 18.9 Å². The van der Waals surface area contributed by atoms with Gasteiger partial charge in [0.2, 0.25) is 5.91 Å². The van der Waals surface area contributed by atoms with Crippen LogP contribution in [0.5, 0.6) is 17.2 Å². The summed E-state index contributed by atoms with van der Waals surface area (Å²) in [6.07, 6.45) is 0.00458. The number of nitrogens with zero attached hydrogens (tertiary/aromatic N) is 1. The van der Waals surface area contributed by atoms with Gasteiger partial charge in [0.1, 0.15) is 17.2 Å². The molecule has 170 valence electrons. The summed E-state index contributed by atoms with van der Waals surface area (Å²) < 4.78 is 21.1. The molecule has 9 heteroatoms. The number of benzene rings is 2. The highest BCUT2D eigenvalue weighted by molar-refractivity contribution is 6.01. The van der Waals surface area contributed by atoms with Gasteiger partial charge in [0.05, 0.1) is 38.1 Å². The second kappa shape index (κ2) is 10.5. The van der Waals surface area contributed by atoms with Gasteiger partial charge >= 0.3 is 5.97 Å². The number of ether oxygens (including phenoxy) is 4. The molecule has 32 heavy (non-hydrogen) atoms. The Morgan fingerprint density at radius 3 is 2.59 bits per heavy atom. The third kappa shape index (κ3) is 5.29. The molecule has 1 heterocycles. The third-order valence-electron chi connectivity index (χ3n) is 4.94. The molecule has 1 atom stereocenters. The van der Waals surface area contributed by atoms with Crippen LogP contribution in [0.3, 0.4) is 0 Å². The van der Waals surface area contributed by atoms with Crippen LogP contribution in [0.15, 0.2) is 42.5 Å². The molecule has 1 N–H and O–H groups in total. The van der Waals surface area contributed by atoms with E-state index >= 15 is 0 Å². The van der Waals surface area contributed by atoms with Crippen LogP contribution in [-0.2, 0) is 19.1 Å². The van der Waals surface area contributed by atoms with Crippen LogP contribution in [0.25, 0.3) is 0 Å². The lowest BCUT2D eigenvalue weighted by Gasteiger charge is -2.20. The Bertz CT molecular complexity index is 992. The molecule has 2 aromatic carbocycles. The Morgan fingerprint density at radius 1 is 1.09 bits per heavy atom. The maximum atomic E-state index is 12.5. The van der Waals surface area contributed by atoms with Gasteiger partial charge in [-0.1, -0.05) is 12.1 Å². The highest BCUT2D eigenvalue weighted by Gasteiger charge is 2.37. The van der Waals surface area contributed by atoms with Crippen LogP contribution < -0.4 is 24.4 Å². The number of hydrogen-bond donors (Lipinski definition) is 1. The van der Waals surface area contributed by atoms with E-state index in [1.165, 1.54) is 19.1 Å². The van der Waals surface area contributed by atoms with Crippen molar-refractivity contribution in [1.82, 2.24) is 0 Å². The van der Waals surface area contributed by atoms with Crippen LogP contribution in [0.1, 0.15) is 13.3 Å². The number of amides is 2. The summed E-state index contributed by atoms with van der Waals surface area (Å²) in [4.78, 5) is 38.8. The van der Waals surface area contributed by atoms with Crippen LogP contribution in [-0.4, -0.2) is 51.8 Å². The van der Waals surface area contributed by atoms with E-state index in [-0.39, 0.29) is 18.9 Å². The molecule has 3 rings (SSSR count). The van der Waals surface area contributed by atoms with Gasteiger partial charge in [-0.2, -0.15) is 0 Å². The lowest BCUT2D eigenvalue weighted by Crippen LogP contribution is -2.28. The van der Waals surface area contributed by atoms with E-state index in [1.807, 2.05) is 13.0 Å². The van der Waals surface area contributed by atoms with Crippen molar-refractivity contribution in [2.75, 3.05) is 44.2 Å². The average Bonchev–Trinajstić information content (AvgIpc) is 3.19. The minimum Gasteiger partial charge on any atom is -0.497 e. The Kier molecular flexibility index (Phi) is 7.54. The predicted octanol–water partition coefficient (Wildman–Crippen LogP) is 2.64. The fourth-order valence-corrected chi connectivity index (χ4v) is 3.41. The molecule has 0 unspecified atom stereocenters. The minimum atomic E-state index is -0.670. The average molecular weight is 442 g/mol. The first-order valence-electron chi connectivity index (χ1n) is 10.2. The third-order valence-corrected chi connectivity index (χ3v) is 4.94. The molecule has 0 radical (unpaired) electrons. The van der Waals surface area contributed by atoms with Crippen LogP contribution in [0, 0.1) is 5.92 Å². The SMILES string of the molecule is CCOc1ccccc1N1C[C@@H](C(=O)OCC(=O)Nc2cc(OC)ccc2OC)CC1=O. The summed E-state index contributed by atoms with van der Waals surface area (Å²) in [5, 5.41) is 2.63. The molecular formula is C23H26N2O7. The predicted molar refractivity (Wildman–Crippen MR) is 117 cm³/mol. The van der Waals surface area contributed by atoms with Crippen molar-refractivity contribution in [2.24, 2.45) is 5.92 Å². The van der Waals surface area contributed by atoms with Crippen LogP contribution in [0.4, 0.5) is 11.4 Å². The monoisotopic (exact) mass is 442 g/mol. The first kappa shape index (κ1) is 22.9. The van der Waals surface area contributed by atoms with Crippen LogP contribution >= 0.6 is 0 Å². The maximum absolute atomic E-state index is 12.5. The topological polar surface area (TPSA) is 103 Å². The van der Waals surface area contributed by atoms with Crippen molar-refractivity contribution in [2.45, 2.75) is 13.3 Å². The highest BCUT2D eigenvalue weighted by atomic mass is 16.5. The van der Waals surface area contributed by atoms with E-state index in [0.29, 0.717) is 35.2 Å². The number of para-hydroxylation sites is 2. The molecule has 0 aliphatic carbocycles. The quantitative estimate of drug-likeness (QED) is 0.596. The number of methoxy groups -OCH3 is 2. The number of esters is 1. The van der Waals surface area contributed by atoms with Crippen molar-refractivity contribution in [3.8, 4) is 17.2 Å². The molecule has 1 aliphatic rings. The molecule has 2 aromatic rings. The summed E-state index contributed by atoms with van der Waals surface area (Å²) in [5.74, 6) is -0.467. The molecule has 0 saturated carbocycles. The van der Waals surface area contributed by atoms with Gasteiger partial charge in [-0.15, -0.1) is 0 Å². The second-order valence-electron chi connectivity index (χ2n) is 7.03. The first-order valence-corrected chi connectivity index (χ1v) is 10.2. The summed E-state index contributed by atoms with van der Waals surface area (Å²) >= 11 is 0. The van der Waals surface area contributed by atoms with Gasteiger partial charge in [0, 0.05) is 19.0 Å². The Labute approximate surface area is 186 Å². The number of nitrogens with one attached hydrogen (secondary N) is 1. The first-order chi connectivity index (χ1) is 15.5. The van der Waals surface area contributed by atoms with E-state index < -0.39 is 24.4 Å². The number of anilines is 2. The van der Waals surface area contributed by atoms with Crippen molar-refractivity contribution >= 4 is 29.2 Å². The van der Waals surface area contributed by atoms with Crippen LogP contribution in [0.2, 0.25) is 0 Å². The number of rotatable bonds is 9. The molecule has 0 spiro atoms. The van der Waals surface area contributed by atoms with Crippen molar-refractivity contribution in [3.05, 3.63) is 42.5 Å². The lowest BCUT2D eigenvalue weighted by atomic mass is 10.1. The maximum Gasteiger partial charge on any atom is 0.311 e. The van der Waals surface area contributed by atoms with Gasteiger partial charge in [-0.3, -0.25) is 14.4 Å². The molecule has 1 aliphatic heterocycles. The highest BCUT2D eigenvalue weighted by Crippen LogP contribution is 2.33. The molecular weight excluding hydrogens is 416 g/mol. The Hall–Kier alpha value is -3.75. The normalized spacial score (nSPS) is 15.3. The van der Waals surface area contributed by atoms with Gasteiger partial charge in [0.25, 0.3) is 5.91 Å². The van der Waals surface area contributed by atoms with Crippen molar-refractivity contribution in [1.29, 1.82) is 0 Å². The molecule has 1 fully saturated rings. The van der Waals surface area contributed by atoms with Gasteiger partial charge < -0.3 is 29.2 Å². The zero-order valence-electron chi connectivity index (χ0n) is 18.3. The van der Waals surface area contributed by atoms with E-state index in [0.717, 1.165) is 0 Å². The Balaban J connectivity index is 1.58. The number of hydrogen-bond acceptors (Lipinski definition) is 7. The Morgan fingerprint density at radius 2 is 1.88 bits per heavy atom. The van der Waals surface area contributed by atoms with Gasteiger partial charge in [0.15, 0.2) is 6.61 Å². The fraction of sp³-hybridized carbons (Fsp3) is 0.348. The lowest BCUT2D eigenvalue weighted by molar-refractivity contribution is -0.151. The smallest absolute Gasteiger partial charge is 0.311 e. The second-order valence-corrected chi connectivity index (χ2v) is 7.03. The molecule has 0 bridgehead atoms. The van der Waals surface area contributed by atoms with E-state index in [1.54, 1.807) is 36.4 Å². The van der Waals surface area contributed by atoms with E-state index in [2.05, 4.69) is 5.32 Å². The molecule has 9 nitrogen and oxygen atoms in total. The van der Waals surface area contributed by atoms with Gasteiger partial charge in [-0.25, -0.2) is 0 Å². The molecule has 1 saturated heterocycles. The van der Waals surface area contributed by atoms with Crippen molar-refractivity contribution in [3.63, 3.8) is 0 Å². The number of carbonyl (C=O) groups excluding carboxylic acids is 3. The summed E-state index contributed by atoms with van der Waals surface area (Å²) in [6.45, 7) is 1.99. The molecule has 2 amide bonds. The zero-order chi connectivity index (χ0) is 23.1. The standard InChI is InChI=1S/C23H26N2O7/c1-4-31-20-8-6-5-7-18(20)25-13-15(11-22(25)27)23(28)32-14-21(26)24-17-12-16(29-2)9-10-19(17)30-3/h5-10,12,15H,4,11,13-14H2,1-3H3,(H,24,26)/t15-/m0/s1. The van der Waals surface area contributed by atoms with E-state index in [9.17, 15) is 14.4 Å².